The Morgan fingerprint density at radius 1 is 1.25 bits per heavy atom. The number of rotatable bonds is 5. The summed E-state index contributed by atoms with van der Waals surface area (Å²) in [6.07, 6.45) is 1.55. The number of amidine groups is 1. The molecule has 0 bridgehead atoms. The summed E-state index contributed by atoms with van der Waals surface area (Å²) < 4.78 is 18.9. The Hall–Kier alpha value is -2.67. The summed E-state index contributed by atoms with van der Waals surface area (Å²) >= 11 is 1.31. The lowest BCUT2D eigenvalue weighted by atomic mass is 10.2. The van der Waals surface area contributed by atoms with Crippen LogP contribution >= 0.6 is 11.8 Å². The molecule has 7 heteroatoms. The first-order valence-electron chi connectivity index (χ1n) is 7.21. The van der Waals surface area contributed by atoms with Gasteiger partial charge in [0.25, 0.3) is 0 Å². The minimum absolute atomic E-state index is 0.0761. The van der Waals surface area contributed by atoms with Gasteiger partial charge >= 0.3 is 0 Å². The van der Waals surface area contributed by atoms with Gasteiger partial charge in [-0.15, -0.1) is 5.10 Å². The van der Waals surface area contributed by atoms with E-state index in [2.05, 4.69) is 15.5 Å². The highest BCUT2D eigenvalue weighted by Crippen LogP contribution is 2.18. The summed E-state index contributed by atoms with van der Waals surface area (Å²) in [5.74, 6) is 0.612. The molecule has 3 rings (SSSR count). The van der Waals surface area contributed by atoms with Crippen molar-refractivity contribution >= 4 is 29.1 Å². The highest BCUT2D eigenvalue weighted by atomic mass is 32.2. The van der Waals surface area contributed by atoms with Gasteiger partial charge in [0, 0.05) is 5.56 Å². The first kappa shape index (κ1) is 16.2. The average Bonchev–Trinajstić information content (AvgIpc) is 2.99. The summed E-state index contributed by atoms with van der Waals surface area (Å²) in [6.45, 7) is 0.253. The molecule has 0 spiro atoms. The molecular formula is C17H14FN3O2S. The number of para-hydroxylation sites is 1. The first-order chi connectivity index (χ1) is 11.7. The molecule has 1 amide bonds. The van der Waals surface area contributed by atoms with Crippen LogP contribution in [0.3, 0.4) is 0 Å². The van der Waals surface area contributed by atoms with Crippen LogP contribution in [0.25, 0.3) is 0 Å². The van der Waals surface area contributed by atoms with Crippen LogP contribution in [0.2, 0.25) is 0 Å². The van der Waals surface area contributed by atoms with E-state index in [0.717, 1.165) is 11.1 Å². The van der Waals surface area contributed by atoms with E-state index in [0.29, 0.717) is 16.7 Å². The minimum atomic E-state index is -0.294. The molecule has 24 heavy (non-hydrogen) atoms. The van der Waals surface area contributed by atoms with Gasteiger partial charge in [-0.3, -0.25) is 4.79 Å². The predicted molar refractivity (Wildman–Crippen MR) is 92.8 cm³/mol. The SMILES string of the molecule is O=C1CSC(=NN=Cc2ccccc2OCc2cccc(F)c2)N1. The molecule has 1 N–H and O–H groups in total. The number of thioether (sulfide) groups is 1. The van der Waals surface area contributed by atoms with Gasteiger partial charge < -0.3 is 10.1 Å². The number of nitrogens with one attached hydrogen (secondary N) is 1. The van der Waals surface area contributed by atoms with Gasteiger partial charge in [0.05, 0.1) is 12.0 Å². The van der Waals surface area contributed by atoms with Crippen molar-refractivity contribution in [1.29, 1.82) is 0 Å². The summed E-state index contributed by atoms with van der Waals surface area (Å²) in [6, 6.07) is 13.6. The topological polar surface area (TPSA) is 63.0 Å². The maximum atomic E-state index is 13.2. The monoisotopic (exact) mass is 343 g/mol. The van der Waals surface area contributed by atoms with Crippen LogP contribution in [-0.4, -0.2) is 23.0 Å². The van der Waals surface area contributed by atoms with Gasteiger partial charge in [0.2, 0.25) is 5.91 Å². The predicted octanol–water partition coefficient (Wildman–Crippen LogP) is 2.96. The lowest BCUT2D eigenvalue weighted by molar-refractivity contribution is -0.116. The van der Waals surface area contributed by atoms with Crippen molar-refractivity contribution in [3.05, 3.63) is 65.5 Å². The molecule has 0 unspecified atom stereocenters. The van der Waals surface area contributed by atoms with Crippen LogP contribution in [0.5, 0.6) is 5.75 Å². The number of carbonyl (C=O) groups excluding carboxylic acids is 1. The van der Waals surface area contributed by atoms with Gasteiger partial charge in [-0.05, 0) is 29.8 Å². The summed E-state index contributed by atoms with van der Waals surface area (Å²) in [4.78, 5) is 11.1. The number of nitrogens with zero attached hydrogens (tertiary/aromatic N) is 2. The quantitative estimate of drug-likeness (QED) is 0.671. The van der Waals surface area contributed by atoms with Gasteiger partial charge in [-0.1, -0.05) is 36.0 Å². The highest BCUT2D eigenvalue weighted by molar-refractivity contribution is 8.15. The molecule has 0 aromatic heterocycles. The van der Waals surface area contributed by atoms with E-state index < -0.39 is 0 Å². The van der Waals surface area contributed by atoms with E-state index in [9.17, 15) is 9.18 Å². The van der Waals surface area contributed by atoms with E-state index in [1.807, 2.05) is 18.2 Å². The molecule has 1 saturated heterocycles. The zero-order valence-corrected chi connectivity index (χ0v) is 13.4. The largest absolute Gasteiger partial charge is 0.488 e. The normalized spacial score (nSPS) is 15.9. The van der Waals surface area contributed by atoms with Crippen LogP contribution in [-0.2, 0) is 11.4 Å². The molecule has 0 radical (unpaired) electrons. The van der Waals surface area contributed by atoms with Crippen LogP contribution < -0.4 is 10.1 Å². The fourth-order valence-electron chi connectivity index (χ4n) is 2.03. The van der Waals surface area contributed by atoms with Gasteiger partial charge in [-0.2, -0.15) is 5.10 Å². The average molecular weight is 343 g/mol. The van der Waals surface area contributed by atoms with Crippen LogP contribution in [0.4, 0.5) is 4.39 Å². The van der Waals surface area contributed by atoms with E-state index >= 15 is 0 Å². The molecule has 1 fully saturated rings. The Bertz CT molecular complexity index is 808. The van der Waals surface area contributed by atoms with Crippen molar-refractivity contribution in [1.82, 2.24) is 5.32 Å². The third kappa shape index (κ3) is 4.42. The van der Waals surface area contributed by atoms with Crippen molar-refractivity contribution in [2.45, 2.75) is 6.61 Å². The molecular weight excluding hydrogens is 329 g/mol. The number of halogens is 1. The molecule has 1 heterocycles. The molecule has 2 aromatic carbocycles. The number of amides is 1. The molecule has 1 aliphatic heterocycles. The second kappa shape index (κ2) is 7.74. The maximum Gasteiger partial charge on any atom is 0.236 e. The van der Waals surface area contributed by atoms with Gasteiger partial charge in [0.1, 0.15) is 18.2 Å². The molecule has 122 valence electrons. The van der Waals surface area contributed by atoms with Crippen molar-refractivity contribution in [3.8, 4) is 5.75 Å². The number of ether oxygens (including phenoxy) is 1. The lowest BCUT2D eigenvalue weighted by Gasteiger charge is -2.08. The fraction of sp³-hybridized carbons (Fsp3) is 0.118. The standard InChI is InChI=1S/C17H14FN3O2S/c18-14-6-3-4-12(8-14)10-23-15-7-2-1-5-13(15)9-19-21-17-20-16(22)11-24-17/h1-9H,10-11H2,(H,20,21,22). The Kier molecular flexibility index (Phi) is 5.22. The minimum Gasteiger partial charge on any atom is -0.488 e. The molecule has 0 saturated carbocycles. The van der Waals surface area contributed by atoms with Crippen molar-refractivity contribution in [3.63, 3.8) is 0 Å². The maximum absolute atomic E-state index is 13.2. The number of hydrogen-bond donors (Lipinski definition) is 1. The molecule has 0 atom stereocenters. The molecule has 1 aliphatic rings. The van der Waals surface area contributed by atoms with Gasteiger partial charge in [0.15, 0.2) is 5.17 Å². The Morgan fingerprint density at radius 2 is 2.12 bits per heavy atom. The summed E-state index contributed by atoms with van der Waals surface area (Å²) in [7, 11) is 0. The third-order valence-electron chi connectivity index (χ3n) is 3.13. The molecule has 2 aromatic rings. The summed E-state index contributed by atoms with van der Waals surface area (Å²) in [5, 5.41) is 11.0. The highest BCUT2D eigenvalue weighted by Gasteiger charge is 2.15. The zero-order valence-electron chi connectivity index (χ0n) is 12.6. The second-order valence-electron chi connectivity index (χ2n) is 4.94. The fourth-order valence-corrected chi connectivity index (χ4v) is 2.66. The number of benzene rings is 2. The van der Waals surface area contributed by atoms with Crippen LogP contribution in [0.15, 0.2) is 58.7 Å². The van der Waals surface area contributed by atoms with Crippen LogP contribution in [0, 0.1) is 5.82 Å². The zero-order chi connectivity index (χ0) is 16.8. The van der Waals surface area contributed by atoms with Crippen LogP contribution in [0.1, 0.15) is 11.1 Å². The van der Waals surface area contributed by atoms with E-state index in [1.165, 1.54) is 23.9 Å². The van der Waals surface area contributed by atoms with E-state index in [1.54, 1.807) is 24.4 Å². The second-order valence-corrected chi connectivity index (χ2v) is 5.91. The van der Waals surface area contributed by atoms with Crippen molar-refractivity contribution in [2.75, 3.05) is 5.75 Å². The Balaban J connectivity index is 1.67. The Labute approximate surface area is 142 Å². The molecule has 0 aliphatic carbocycles. The third-order valence-corrected chi connectivity index (χ3v) is 4.00. The van der Waals surface area contributed by atoms with Crippen molar-refractivity contribution in [2.24, 2.45) is 10.2 Å². The van der Waals surface area contributed by atoms with Gasteiger partial charge in [-0.25, -0.2) is 4.39 Å². The number of carbonyl (C=O) groups is 1. The summed E-state index contributed by atoms with van der Waals surface area (Å²) in [5.41, 5.74) is 1.49. The molecule has 5 nitrogen and oxygen atoms in total. The smallest absolute Gasteiger partial charge is 0.236 e. The van der Waals surface area contributed by atoms with E-state index in [4.69, 9.17) is 4.74 Å². The first-order valence-corrected chi connectivity index (χ1v) is 8.19. The van der Waals surface area contributed by atoms with Crippen molar-refractivity contribution < 1.29 is 13.9 Å². The number of hydrogen-bond acceptors (Lipinski definition) is 5. The lowest BCUT2D eigenvalue weighted by Crippen LogP contribution is -2.19. The van der Waals surface area contributed by atoms with E-state index in [-0.39, 0.29) is 18.3 Å². The Morgan fingerprint density at radius 3 is 2.92 bits per heavy atom.